The minimum Gasteiger partial charge on any atom is -0.470 e. The van der Waals surface area contributed by atoms with Crippen LogP contribution in [0.1, 0.15) is 32.2 Å². The van der Waals surface area contributed by atoms with E-state index in [9.17, 15) is 31.5 Å². The molecule has 43 heavy (non-hydrogen) atoms. The van der Waals surface area contributed by atoms with Crippen molar-refractivity contribution < 1.29 is 50.5 Å². The molecule has 11 nitrogen and oxygen atoms in total. The maximum atomic E-state index is 13.7. The number of amides is 1. The average molecular weight is 626 g/mol. The summed E-state index contributed by atoms with van der Waals surface area (Å²) in [7, 11) is 2.51. The zero-order valence-electron chi connectivity index (χ0n) is 21.9. The lowest BCUT2D eigenvalue weighted by molar-refractivity contribution is -0.286. The SMILES string of the molecule is COC(=O)c1cnc(OCc2c(Cl)c(C(F)(F)F)nn2-c2cccc(C(=O)N(C)c3ccc4c(c3)OC(F)(F)O4)c2)cn1. The first-order valence-corrected chi connectivity index (χ1v) is 12.3. The van der Waals surface area contributed by atoms with Crippen LogP contribution >= 0.6 is 11.6 Å². The first-order valence-electron chi connectivity index (χ1n) is 11.9. The van der Waals surface area contributed by atoms with Crippen molar-refractivity contribution in [1.29, 1.82) is 0 Å². The molecule has 0 saturated heterocycles. The van der Waals surface area contributed by atoms with Crippen LogP contribution in [0.25, 0.3) is 5.69 Å². The molecule has 0 spiro atoms. The zero-order valence-corrected chi connectivity index (χ0v) is 22.6. The van der Waals surface area contributed by atoms with Crippen LogP contribution in [0.2, 0.25) is 5.02 Å². The van der Waals surface area contributed by atoms with Crippen molar-refractivity contribution in [2.24, 2.45) is 0 Å². The second-order valence-corrected chi connectivity index (χ2v) is 9.13. The number of fused-ring (bicyclic) bond motifs is 1. The van der Waals surface area contributed by atoms with Gasteiger partial charge in [-0.05, 0) is 30.3 Å². The number of ether oxygens (including phenoxy) is 4. The Kier molecular flexibility index (Phi) is 7.56. The fraction of sp³-hybridized carbons (Fsp3) is 0.192. The topological polar surface area (TPSA) is 118 Å². The average Bonchev–Trinajstić information content (AvgIpc) is 3.49. The number of methoxy groups -OCH3 is 1. The van der Waals surface area contributed by atoms with Gasteiger partial charge in [-0.3, -0.25) is 4.79 Å². The van der Waals surface area contributed by atoms with E-state index in [-0.39, 0.29) is 45.7 Å². The van der Waals surface area contributed by atoms with Crippen molar-refractivity contribution in [3.05, 3.63) is 82.5 Å². The lowest BCUT2D eigenvalue weighted by atomic mass is 10.1. The minimum absolute atomic E-state index is 0.0133. The van der Waals surface area contributed by atoms with Crippen LogP contribution in [-0.4, -0.2) is 52.1 Å². The number of carbonyl (C=O) groups excluding carboxylic acids is 2. The van der Waals surface area contributed by atoms with Crippen molar-refractivity contribution in [3.8, 4) is 23.1 Å². The number of rotatable bonds is 7. The van der Waals surface area contributed by atoms with Crippen LogP contribution in [0.4, 0.5) is 27.6 Å². The Bertz CT molecular complexity index is 1710. The van der Waals surface area contributed by atoms with Gasteiger partial charge < -0.3 is 23.8 Å². The summed E-state index contributed by atoms with van der Waals surface area (Å²) < 4.78 is 87.6. The molecule has 3 heterocycles. The summed E-state index contributed by atoms with van der Waals surface area (Å²) in [6, 6.07) is 9.18. The van der Waals surface area contributed by atoms with Crippen molar-refractivity contribution in [3.63, 3.8) is 0 Å². The third kappa shape index (κ3) is 5.99. The number of hydrogen-bond donors (Lipinski definition) is 0. The molecule has 224 valence electrons. The number of anilines is 1. The molecule has 0 bridgehead atoms. The highest BCUT2D eigenvalue weighted by Gasteiger charge is 2.43. The maximum absolute atomic E-state index is 13.7. The molecule has 17 heteroatoms. The number of aromatic nitrogens is 4. The maximum Gasteiger partial charge on any atom is 0.586 e. The molecule has 0 aliphatic carbocycles. The zero-order chi connectivity index (χ0) is 31.1. The molecule has 2 aromatic heterocycles. The number of benzene rings is 2. The largest absolute Gasteiger partial charge is 0.586 e. The van der Waals surface area contributed by atoms with Gasteiger partial charge in [0.2, 0.25) is 5.88 Å². The van der Waals surface area contributed by atoms with Crippen molar-refractivity contribution in [2.75, 3.05) is 19.1 Å². The van der Waals surface area contributed by atoms with E-state index in [0.717, 1.165) is 29.1 Å². The minimum atomic E-state index is -4.93. The molecule has 5 rings (SSSR count). The summed E-state index contributed by atoms with van der Waals surface area (Å²) in [4.78, 5) is 33.6. The summed E-state index contributed by atoms with van der Waals surface area (Å²) in [6.45, 7) is -0.561. The molecular formula is C26H17ClF5N5O6. The van der Waals surface area contributed by atoms with E-state index >= 15 is 0 Å². The number of esters is 1. The standard InChI is InChI=1S/C26H17ClF5N5O6/c1-36(14-6-7-18-19(9-14)43-26(31,32)42-18)23(38)13-4-3-5-15(8-13)37-17(21(27)22(35-37)25(28,29)30)12-41-20-11-33-16(10-34-20)24(39)40-2/h3-11H,12H2,1-2H3. The van der Waals surface area contributed by atoms with Crippen LogP contribution in [0, 0.1) is 0 Å². The van der Waals surface area contributed by atoms with Gasteiger partial charge in [-0.15, -0.1) is 8.78 Å². The van der Waals surface area contributed by atoms with Crippen LogP contribution in [0.3, 0.4) is 0 Å². The highest BCUT2D eigenvalue weighted by Crippen LogP contribution is 2.43. The summed E-state index contributed by atoms with van der Waals surface area (Å²) in [5.74, 6) is -2.03. The van der Waals surface area contributed by atoms with E-state index in [2.05, 4.69) is 29.3 Å². The molecule has 4 aromatic rings. The number of hydrogen-bond acceptors (Lipinski definition) is 9. The van der Waals surface area contributed by atoms with Gasteiger partial charge in [0.15, 0.2) is 22.9 Å². The summed E-state index contributed by atoms with van der Waals surface area (Å²) in [5, 5.41) is 2.87. The van der Waals surface area contributed by atoms with E-state index in [0.29, 0.717) is 0 Å². The fourth-order valence-corrected chi connectivity index (χ4v) is 4.20. The Hall–Kier alpha value is -4.99. The van der Waals surface area contributed by atoms with E-state index in [1.165, 1.54) is 49.5 Å². The van der Waals surface area contributed by atoms with E-state index in [1.54, 1.807) is 0 Å². The highest BCUT2D eigenvalue weighted by atomic mass is 35.5. The number of nitrogens with zero attached hydrogens (tertiary/aromatic N) is 5. The fourth-order valence-electron chi connectivity index (χ4n) is 3.92. The van der Waals surface area contributed by atoms with Gasteiger partial charge in [0, 0.05) is 24.4 Å². The van der Waals surface area contributed by atoms with Crippen LogP contribution in [0.5, 0.6) is 17.4 Å². The van der Waals surface area contributed by atoms with E-state index in [4.69, 9.17) is 16.3 Å². The smallest absolute Gasteiger partial charge is 0.470 e. The molecule has 0 unspecified atom stereocenters. The van der Waals surface area contributed by atoms with E-state index < -0.39 is 41.7 Å². The first-order chi connectivity index (χ1) is 20.3. The number of alkyl halides is 5. The predicted molar refractivity (Wildman–Crippen MR) is 137 cm³/mol. The number of halogens is 6. The Morgan fingerprint density at radius 3 is 2.49 bits per heavy atom. The Morgan fingerprint density at radius 1 is 1.07 bits per heavy atom. The Labute approximate surface area is 243 Å². The van der Waals surface area contributed by atoms with Gasteiger partial charge in [0.05, 0.1) is 30.2 Å². The number of carbonyl (C=O) groups is 2. The Morgan fingerprint density at radius 2 is 1.81 bits per heavy atom. The van der Waals surface area contributed by atoms with Crippen LogP contribution in [0.15, 0.2) is 54.9 Å². The monoisotopic (exact) mass is 625 g/mol. The first kappa shape index (κ1) is 29.5. The third-order valence-corrected chi connectivity index (χ3v) is 6.38. The molecule has 1 amide bonds. The van der Waals surface area contributed by atoms with Gasteiger partial charge in [-0.2, -0.15) is 18.3 Å². The molecule has 0 atom stereocenters. The van der Waals surface area contributed by atoms with Gasteiger partial charge in [-0.25, -0.2) is 19.4 Å². The molecule has 1 aliphatic rings. The van der Waals surface area contributed by atoms with Gasteiger partial charge in [-0.1, -0.05) is 17.7 Å². The molecule has 1 aliphatic heterocycles. The van der Waals surface area contributed by atoms with Gasteiger partial charge in [0.25, 0.3) is 5.91 Å². The Balaban J connectivity index is 1.43. The van der Waals surface area contributed by atoms with Crippen LogP contribution < -0.4 is 19.1 Å². The molecule has 2 aromatic carbocycles. The summed E-state index contributed by atoms with van der Waals surface area (Å²) in [5.41, 5.74) is -1.55. The molecule has 0 saturated carbocycles. The third-order valence-electron chi connectivity index (χ3n) is 5.98. The lowest BCUT2D eigenvalue weighted by Gasteiger charge is -2.18. The molecular weight excluding hydrogens is 609 g/mol. The molecule has 0 radical (unpaired) electrons. The molecule has 0 N–H and O–H groups in total. The normalized spacial score (nSPS) is 13.5. The van der Waals surface area contributed by atoms with Crippen LogP contribution in [-0.2, 0) is 17.5 Å². The van der Waals surface area contributed by atoms with Crippen molar-refractivity contribution >= 4 is 29.2 Å². The second-order valence-electron chi connectivity index (χ2n) is 8.75. The van der Waals surface area contributed by atoms with Gasteiger partial charge >= 0.3 is 18.4 Å². The van der Waals surface area contributed by atoms with Gasteiger partial charge in [0.1, 0.15) is 12.3 Å². The summed E-state index contributed by atoms with van der Waals surface area (Å²) >= 11 is 6.08. The molecule has 0 fully saturated rings. The second kappa shape index (κ2) is 11.0. The lowest BCUT2D eigenvalue weighted by Crippen LogP contribution is -2.26. The summed E-state index contributed by atoms with van der Waals surface area (Å²) in [6.07, 6.45) is -6.65. The quantitative estimate of drug-likeness (QED) is 0.199. The van der Waals surface area contributed by atoms with E-state index in [1.807, 2.05) is 0 Å². The van der Waals surface area contributed by atoms with Crippen molar-refractivity contribution in [2.45, 2.75) is 19.1 Å². The highest BCUT2D eigenvalue weighted by molar-refractivity contribution is 6.32. The predicted octanol–water partition coefficient (Wildman–Crippen LogP) is 5.30. The van der Waals surface area contributed by atoms with Crippen molar-refractivity contribution in [1.82, 2.24) is 19.7 Å².